The SMILES string of the molecule is O=C[C@@H](Br)c1cccnc1Cl. The van der Waals surface area contributed by atoms with E-state index in [1.165, 1.54) is 0 Å². The van der Waals surface area contributed by atoms with Gasteiger partial charge in [0.25, 0.3) is 0 Å². The van der Waals surface area contributed by atoms with Crippen molar-refractivity contribution in [3.05, 3.63) is 29.0 Å². The highest BCUT2D eigenvalue weighted by Gasteiger charge is 2.09. The Kier molecular flexibility index (Phi) is 3.02. The highest BCUT2D eigenvalue weighted by molar-refractivity contribution is 9.09. The predicted molar refractivity (Wildman–Crippen MR) is 47.0 cm³/mol. The summed E-state index contributed by atoms with van der Waals surface area (Å²) in [6.45, 7) is 0. The largest absolute Gasteiger partial charge is 0.302 e. The zero-order chi connectivity index (χ0) is 8.27. The molecular weight excluding hydrogens is 229 g/mol. The second kappa shape index (κ2) is 3.83. The maximum Gasteiger partial charge on any atom is 0.138 e. The molecule has 0 N–H and O–H groups in total. The summed E-state index contributed by atoms with van der Waals surface area (Å²) >= 11 is 8.84. The summed E-state index contributed by atoms with van der Waals surface area (Å²) in [6, 6.07) is 3.49. The minimum atomic E-state index is -0.358. The lowest BCUT2D eigenvalue weighted by Gasteiger charge is -2.02. The minimum absolute atomic E-state index is 0.358. The lowest BCUT2D eigenvalue weighted by molar-refractivity contribution is -0.107. The van der Waals surface area contributed by atoms with Gasteiger partial charge in [-0.2, -0.15) is 0 Å². The monoisotopic (exact) mass is 233 g/mol. The van der Waals surface area contributed by atoms with Crippen molar-refractivity contribution in [2.45, 2.75) is 4.83 Å². The summed E-state index contributed by atoms with van der Waals surface area (Å²) in [5.74, 6) is 0. The van der Waals surface area contributed by atoms with E-state index in [1.807, 2.05) is 0 Å². The Morgan fingerprint density at radius 3 is 3.00 bits per heavy atom. The van der Waals surface area contributed by atoms with E-state index in [-0.39, 0.29) is 4.83 Å². The first-order chi connectivity index (χ1) is 5.25. The Morgan fingerprint density at radius 1 is 1.73 bits per heavy atom. The topological polar surface area (TPSA) is 30.0 Å². The molecule has 0 fully saturated rings. The molecule has 0 unspecified atom stereocenters. The van der Waals surface area contributed by atoms with Gasteiger partial charge in [-0.25, -0.2) is 4.98 Å². The fourth-order valence-electron chi connectivity index (χ4n) is 0.677. The lowest BCUT2D eigenvalue weighted by Crippen LogP contribution is -1.92. The van der Waals surface area contributed by atoms with E-state index in [1.54, 1.807) is 18.3 Å². The van der Waals surface area contributed by atoms with Gasteiger partial charge in [-0.15, -0.1) is 0 Å². The van der Waals surface area contributed by atoms with Gasteiger partial charge in [0.15, 0.2) is 0 Å². The number of carbonyl (C=O) groups excluding carboxylic acids is 1. The van der Waals surface area contributed by atoms with Gasteiger partial charge in [-0.3, -0.25) is 0 Å². The third-order valence-corrected chi connectivity index (χ3v) is 2.23. The molecule has 1 atom stereocenters. The van der Waals surface area contributed by atoms with Crippen LogP contribution in [0.3, 0.4) is 0 Å². The smallest absolute Gasteiger partial charge is 0.138 e. The predicted octanol–water partition coefficient (Wildman–Crippen LogP) is 2.37. The van der Waals surface area contributed by atoms with Crippen molar-refractivity contribution in [3.63, 3.8) is 0 Å². The molecule has 1 aromatic heterocycles. The van der Waals surface area contributed by atoms with Gasteiger partial charge in [0.1, 0.15) is 11.4 Å². The molecule has 1 heterocycles. The molecule has 0 aromatic carbocycles. The van der Waals surface area contributed by atoms with E-state index in [0.29, 0.717) is 10.7 Å². The van der Waals surface area contributed by atoms with E-state index in [0.717, 1.165) is 6.29 Å². The van der Waals surface area contributed by atoms with Crippen LogP contribution < -0.4 is 0 Å². The van der Waals surface area contributed by atoms with Crippen LogP contribution in [0.1, 0.15) is 10.4 Å². The maximum atomic E-state index is 10.3. The molecule has 0 aliphatic carbocycles. The van der Waals surface area contributed by atoms with Crippen LogP contribution >= 0.6 is 27.5 Å². The summed E-state index contributed by atoms with van der Waals surface area (Å²) in [5, 5.41) is 0.362. The quantitative estimate of drug-likeness (QED) is 0.447. The van der Waals surface area contributed by atoms with Crippen LogP contribution in [-0.4, -0.2) is 11.3 Å². The van der Waals surface area contributed by atoms with Crippen molar-refractivity contribution in [2.24, 2.45) is 0 Å². The van der Waals surface area contributed by atoms with E-state index < -0.39 is 0 Å². The number of hydrogen-bond donors (Lipinski definition) is 0. The normalized spacial score (nSPS) is 12.5. The number of carbonyl (C=O) groups is 1. The number of aldehydes is 1. The van der Waals surface area contributed by atoms with Crippen molar-refractivity contribution < 1.29 is 4.79 Å². The third kappa shape index (κ3) is 2.01. The molecule has 11 heavy (non-hydrogen) atoms. The number of alkyl halides is 1. The van der Waals surface area contributed by atoms with Crippen LogP contribution in [0.25, 0.3) is 0 Å². The molecule has 0 bridgehead atoms. The van der Waals surface area contributed by atoms with Crippen molar-refractivity contribution in [1.82, 2.24) is 4.98 Å². The molecular formula is C7H5BrClNO. The van der Waals surface area contributed by atoms with E-state index >= 15 is 0 Å². The van der Waals surface area contributed by atoms with Crippen LogP contribution in [0.15, 0.2) is 18.3 Å². The summed E-state index contributed by atoms with van der Waals surface area (Å²) < 4.78 is 0. The molecule has 0 radical (unpaired) electrons. The molecule has 0 saturated carbocycles. The molecule has 0 aliphatic heterocycles. The van der Waals surface area contributed by atoms with Gasteiger partial charge in [0.2, 0.25) is 0 Å². The summed E-state index contributed by atoms with van der Waals surface area (Å²) in [7, 11) is 0. The molecule has 0 spiro atoms. The Bertz CT molecular complexity index is 266. The zero-order valence-electron chi connectivity index (χ0n) is 5.50. The number of hydrogen-bond acceptors (Lipinski definition) is 2. The molecule has 4 heteroatoms. The standard InChI is InChI=1S/C7H5BrClNO/c8-6(4-11)5-2-1-3-10-7(5)9/h1-4,6H/t6-/m1/s1. The molecule has 0 amide bonds. The molecule has 1 aromatic rings. The number of rotatable bonds is 2. The summed E-state index contributed by atoms with van der Waals surface area (Å²) in [5.41, 5.74) is 0.698. The van der Waals surface area contributed by atoms with Crippen LogP contribution in [-0.2, 0) is 4.79 Å². The fourth-order valence-corrected chi connectivity index (χ4v) is 1.42. The highest BCUT2D eigenvalue weighted by atomic mass is 79.9. The van der Waals surface area contributed by atoms with Gasteiger partial charge < -0.3 is 4.79 Å². The highest BCUT2D eigenvalue weighted by Crippen LogP contribution is 2.25. The van der Waals surface area contributed by atoms with E-state index in [9.17, 15) is 4.79 Å². The molecule has 2 nitrogen and oxygen atoms in total. The van der Waals surface area contributed by atoms with E-state index in [2.05, 4.69) is 20.9 Å². The Hall–Kier alpha value is -0.410. The second-order valence-electron chi connectivity index (χ2n) is 1.92. The summed E-state index contributed by atoms with van der Waals surface area (Å²) in [4.78, 5) is 13.8. The van der Waals surface area contributed by atoms with Gasteiger partial charge in [-0.05, 0) is 6.07 Å². The van der Waals surface area contributed by atoms with Gasteiger partial charge in [-0.1, -0.05) is 33.6 Å². The van der Waals surface area contributed by atoms with Crippen LogP contribution in [0.4, 0.5) is 0 Å². The zero-order valence-corrected chi connectivity index (χ0v) is 7.84. The molecule has 0 aliphatic rings. The van der Waals surface area contributed by atoms with Gasteiger partial charge >= 0.3 is 0 Å². The Balaban J connectivity index is 3.02. The Morgan fingerprint density at radius 2 is 2.45 bits per heavy atom. The molecule has 58 valence electrons. The molecule has 1 rings (SSSR count). The molecule has 0 saturated heterocycles. The lowest BCUT2D eigenvalue weighted by atomic mass is 10.2. The number of nitrogens with zero attached hydrogens (tertiary/aromatic N) is 1. The van der Waals surface area contributed by atoms with Crippen molar-refractivity contribution in [2.75, 3.05) is 0 Å². The number of pyridine rings is 1. The average molecular weight is 234 g/mol. The van der Waals surface area contributed by atoms with Gasteiger partial charge in [0.05, 0.1) is 4.83 Å². The fraction of sp³-hybridized carbons (Fsp3) is 0.143. The third-order valence-electron chi connectivity index (χ3n) is 1.20. The number of halogens is 2. The first-order valence-electron chi connectivity index (χ1n) is 2.95. The van der Waals surface area contributed by atoms with Gasteiger partial charge in [0, 0.05) is 11.8 Å². The van der Waals surface area contributed by atoms with Crippen molar-refractivity contribution >= 4 is 33.8 Å². The van der Waals surface area contributed by atoms with Crippen LogP contribution in [0.5, 0.6) is 0 Å². The minimum Gasteiger partial charge on any atom is -0.302 e. The first kappa shape index (κ1) is 8.68. The van der Waals surface area contributed by atoms with Crippen molar-refractivity contribution in [1.29, 1.82) is 0 Å². The number of aromatic nitrogens is 1. The Labute approximate surface area is 77.7 Å². The first-order valence-corrected chi connectivity index (χ1v) is 4.25. The second-order valence-corrected chi connectivity index (χ2v) is 3.27. The average Bonchev–Trinajstić information content (AvgIpc) is 2.04. The van der Waals surface area contributed by atoms with E-state index in [4.69, 9.17) is 11.6 Å². The van der Waals surface area contributed by atoms with Crippen LogP contribution in [0, 0.1) is 0 Å². The summed E-state index contributed by atoms with van der Waals surface area (Å²) in [6.07, 6.45) is 2.35. The maximum absolute atomic E-state index is 10.3. The van der Waals surface area contributed by atoms with Crippen LogP contribution in [0.2, 0.25) is 5.15 Å². The van der Waals surface area contributed by atoms with Crippen molar-refractivity contribution in [3.8, 4) is 0 Å².